The van der Waals surface area contributed by atoms with Crippen LogP contribution >= 0.6 is 0 Å². The van der Waals surface area contributed by atoms with E-state index in [-0.39, 0.29) is 17.9 Å². The molecule has 114 valence electrons. The lowest BCUT2D eigenvalue weighted by Gasteiger charge is -2.14. The minimum absolute atomic E-state index is 0.00363. The molecule has 0 bridgehead atoms. The third kappa shape index (κ3) is 4.56. The molecule has 1 atom stereocenters. The topological polar surface area (TPSA) is 67.4 Å². The fraction of sp³-hybridized carbons (Fsp3) is 0.500. The van der Waals surface area contributed by atoms with Crippen LogP contribution in [0.1, 0.15) is 31.7 Å². The summed E-state index contributed by atoms with van der Waals surface area (Å²) >= 11 is 0. The predicted octanol–water partition coefficient (Wildman–Crippen LogP) is 1.87. The molecule has 1 aromatic rings. The Morgan fingerprint density at radius 3 is 3.05 bits per heavy atom. The van der Waals surface area contributed by atoms with Gasteiger partial charge in [0, 0.05) is 12.1 Å². The lowest BCUT2D eigenvalue weighted by Crippen LogP contribution is -2.40. The first-order valence-corrected chi connectivity index (χ1v) is 7.48. The molecule has 1 heterocycles. The molecule has 0 fully saturated rings. The van der Waals surface area contributed by atoms with Gasteiger partial charge in [-0.3, -0.25) is 9.59 Å². The lowest BCUT2D eigenvalue weighted by molar-refractivity contribution is -0.143. The van der Waals surface area contributed by atoms with Gasteiger partial charge in [0.05, 0.1) is 12.6 Å². The fourth-order valence-corrected chi connectivity index (χ4v) is 2.45. The van der Waals surface area contributed by atoms with E-state index in [0.29, 0.717) is 26.0 Å². The van der Waals surface area contributed by atoms with E-state index < -0.39 is 0 Å². The molecule has 0 radical (unpaired) electrons. The van der Waals surface area contributed by atoms with E-state index in [1.165, 1.54) is 5.56 Å². The van der Waals surface area contributed by atoms with Crippen molar-refractivity contribution < 1.29 is 14.3 Å². The Morgan fingerprint density at radius 1 is 1.43 bits per heavy atom. The fourth-order valence-electron chi connectivity index (χ4n) is 2.45. The van der Waals surface area contributed by atoms with Crippen molar-refractivity contribution in [3.63, 3.8) is 0 Å². The first kappa shape index (κ1) is 15.5. The third-order valence-electron chi connectivity index (χ3n) is 3.55. The number of carbonyl (C=O) groups is 2. The third-order valence-corrected chi connectivity index (χ3v) is 3.55. The van der Waals surface area contributed by atoms with E-state index in [1.54, 1.807) is 6.92 Å². The number of hydrogen-bond acceptors (Lipinski definition) is 4. The highest BCUT2D eigenvalue weighted by atomic mass is 16.5. The zero-order chi connectivity index (χ0) is 15.1. The summed E-state index contributed by atoms with van der Waals surface area (Å²) in [6, 6.07) is 7.67. The van der Waals surface area contributed by atoms with Gasteiger partial charge >= 0.3 is 5.97 Å². The van der Waals surface area contributed by atoms with Crippen molar-refractivity contribution in [2.45, 2.75) is 38.6 Å². The molecular formula is C16H22N2O3. The minimum Gasteiger partial charge on any atom is -0.466 e. The first-order chi connectivity index (χ1) is 10.2. The van der Waals surface area contributed by atoms with Crippen molar-refractivity contribution in [1.82, 2.24) is 5.32 Å². The lowest BCUT2D eigenvalue weighted by atomic mass is 10.1. The van der Waals surface area contributed by atoms with Crippen molar-refractivity contribution >= 4 is 17.6 Å². The highest BCUT2D eigenvalue weighted by molar-refractivity contribution is 5.96. The molecule has 5 heteroatoms. The summed E-state index contributed by atoms with van der Waals surface area (Å²) in [5.74, 6) is -0.187. The van der Waals surface area contributed by atoms with Gasteiger partial charge in [-0.1, -0.05) is 18.2 Å². The van der Waals surface area contributed by atoms with E-state index in [4.69, 9.17) is 4.74 Å². The number of aryl methyl sites for hydroxylation is 1. The molecule has 0 spiro atoms. The smallest absolute Gasteiger partial charge is 0.305 e. The van der Waals surface area contributed by atoms with Crippen LogP contribution in [0.4, 0.5) is 5.69 Å². The largest absolute Gasteiger partial charge is 0.466 e. The summed E-state index contributed by atoms with van der Waals surface area (Å²) in [5, 5.41) is 6.17. The maximum absolute atomic E-state index is 12.1. The normalized spacial score (nSPS) is 17.6. The molecule has 1 aliphatic rings. The van der Waals surface area contributed by atoms with Crippen molar-refractivity contribution in [3.05, 3.63) is 29.8 Å². The second-order valence-corrected chi connectivity index (χ2v) is 5.10. The monoisotopic (exact) mass is 290 g/mol. The molecule has 1 amide bonds. The zero-order valence-corrected chi connectivity index (χ0v) is 12.4. The van der Waals surface area contributed by atoms with E-state index in [0.717, 1.165) is 18.5 Å². The van der Waals surface area contributed by atoms with Crippen LogP contribution in [0.15, 0.2) is 24.3 Å². The number of benzene rings is 1. The summed E-state index contributed by atoms with van der Waals surface area (Å²) in [6.07, 6.45) is 2.69. The van der Waals surface area contributed by atoms with E-state index in [1.807, 2.05) is 24.3 Å². The zero-order valence-electron chi connectivity index (χ0n) is 12.4. The number of fused-ring (bicyclic) bond motifs is 1. The minimum atomic E-state index is -0.209. The molecule has 1 aliphatic heterocycles. The van der Waals surface area contributed by atoms with E-state index >= 15 is 0 Å². The Morgan fingerprint density at radius 2 is 2.24 bits per heavy atom. The van der Waals surface area contributed by atoms with Crippen molar-refractivity contribution in [2.75, 3.05) is 18.5 Å². The maximum atomic E-state index is 12.1. The average Bonchev–Trinajstić information content (AvgIpc) is 2.63. The van der Waals surface area contributed by atoms with Gasteiger partial charge < -0.3 is 15.4 Å². The highest BCUT2D eigenvalue weighted by Crippen LogP contribution is 2.21. The molecular weight excluding hydrogens is 268 g/mol. The van der Waals surface area contributed by atoms with Gasteiger partial charge in [-0.2, -0.15) is 0 Å². The Balaban J connectivity index is 1.78. The van der Waals surface area contributed by atoms with Crippen LogP contribution in [-0.4, -0.2) is 31.1 Å². The molecule has 0 saturated carbocycles. The van der Waals surface area contributed by atoms with Crippen molar-refractivity contribution in [1.29, 1.82) is 0 Å². The van der Waals surface area contributed by atoms with Crippen LogP contribution in [0.2, 0.25) is 0 Å². The number of nitrogens with one attached hydrogen (secondary N) is 2. The second-order valence-electron chi connectivity index (χ2n) is 5.10. The molecule has 5 nitrogen and oxygen atoms in total. The van der Waals surface area contributed by atoms with Crippen LogP contribution in [0.5, 0.6) is 0 Å². The number of para-hydroxylation sites is 1. The Labute approximate surface area is 125 Å². The van der Waals surface area contributed by atoms with Gasteiger partial charge in [0.15, 0.2) is 0 Å². The molecule has 1 unspecified atom stereocenters. The summed E-state index contributed by atoms with van der Waals surface area (Å²) in [7, 11) is 0. The summed E-state index contributed by atoms with van der Waals surface area (Å²) in [4.78, 5) is 23.4. The second kappa shape index (κ2) is 7.78. The molecule has 21 heavy (non-hydrogen) atoms. The average molecular weight is 290 g/mol. The predicted molar refractivity (Wildman–Crippen MR) is 81.1 cm³/mol. The highest BCUT2D eigenvalue weighted by Gasteiger charge is 2.22. The number of rotatable bonds is 6. The maximum Gasteiger partial charge on any atom is 0.305 e. The van der Waals surface area contributed by atoms with Crippen LogP contribution in [-0.2, 0) is 20.7 Å². The summed E-state index contributed by atoms with van der Waals surface area (Å²) in [6.45, 7) is 2.84. The van der Waals surface area contributed by atoms with Gasteiger partial charge in [-0.05, 0) is 44.4 Å². The van der Waals surface area contributed by atoms with Crippen LogP contribution in [0, 0.1) is 0 Å². The molecule has 2 rings (SSSR count). The summed E-state index contributed by atoms with van der Waals surface area (Å²) < 4.78 is 4.87. The van der Waals surface area contributed by atoms with Crippen molar-refractivity contribution in [2.24, 2.45) is 0 Å². The molecule has 1 aromatic carbocycles. The quantitative estimate of drug-likeness (QED) is 0.620. The van der Waals surface area contributed by atoms with Crippen LogP contribution in [0.3, 0.4) is 0 Å². The number of esters is 1. The number of ether oxygens (including phenoxy) is 1. The van der Waals surface area contributed by atoms with Gasteiger partial charge in [0.1, 0.15) is 0 Å². The number of carbonyl (C=O) groups excluding carboxylic acids is 2. The van der Waals surface area contributed by atoms with Crippen LogP contribution in [0.25, 0.3) is 0 Å². The molecule has 0 aliphatic carbocycles. The molecule has 2 N–H and O–H groups in total. The number of amides is 1. The van der Waals surface area contributed by atoms with Crippen molar-refractivity contribution in [3.8, 4) is 0 Å². The number of anilines is 1. The Hall–Kier alpha value is -1.88. The Bertz CT molecular complexity index is 502. The van der Waals surface area contributed by atoms with Crippen LogP contribution < -0.4 is 10.6 Å². The molecule has 0 aromatic heterocycles. The number of hydrogen-bond donors (Lipinski definition) is 2. The van der Waals surface area contributed by atoms with Gasteiger partial charge in [-0.25, -0.2) is 0 Å². The SMILES string of the molecule is CCOC(=O)CCCNC1CCc2ccccc2NC1=O. The Kier molecular flexibility index (Phi) is 5.75. The van der Waals surface area contributed by atoms with Gasteiger partial charge in [0.25, 0.3) is 0 Å². The van der Waals surface area contributed by atoms with Gasteiger partial charge in [0.2, 0.25) is 5.91 Å². The molecule has 0 saturated heterocycles. The first-order valence-electron chi connectivity index (χ1n) is 7.48. The van der Waals surface area contributed by atoms with Gasteiger partial charge in [-0.15, -0.1) is 0 Å². The summed E-state index contributed by atoms with van der Waals surface area (Å²) in [5.41, 5.74) is 2.07. The van der Waals surface area contributed by atoms with E-state index in [9.17, 15) is 9.59 Å². The standard InChI is InChI=1S/C16H22N2O3/c1-2-21-15(19)8-5-11-17-14-10-9-12-6-3-4-7-13(12)18-16(14)20/h3-4,6-7,14,17H,2,5,8-11H2,1H3,(H,18,20). The van der Waals surface area contributed by atoms with E-state index in [2.05, 4.69) is 10.6 Å².